The molecular formula is C18H18N2S. The average molecular weight is 294 g/mol. The minimum Gasteiger partial charge on any atom is -0.298 e. The summed E-state index contributed by atoms with van der Waals surface area (Å²) < 4.78 is 0. The van der Waals surface area contributed by atoms with Crippen molar-refractivity contribution in [3.05, 3.63) is 88.4 Å². The predicted molar refractivity (Wildman–Crippen MR) is 88.4 cm³/mol. The third-order valence-electron chi connectivity index (χ3n) is 3.58. The van der Waals surface area contributed by atoms with Gasteiger partial charge in [0.15, 0.2) is 0 Å². The first-order valence-electron chi connectivity index (χ1n) is 7.08. The van der Waals surface area contributed by atoms with Crippen molar-refractivity contribution in [1.29, 1.82) is 0 Å². The highest BCUT2D eigenvalue weighted by atomic mass is 32.1. The van der Waals surface area contributed by atoms with Gasteiger partial charge in [0.25, 0.3) is 0 Å². The van der Waals surface area contributed by atoms with Gasteiger partial charge in [-0.3, -0.25) is 10.3 Å². The van der Waals surface area contributed by atoms with Crippen LogP contribution in [0.5, 0.6) is 0 Å². The van der Waals surface area contributed by atoms with Gasteiger partial charge in [0.05, 0.1) is 11.7 Å². The van der Waals surface area contributed by atoms with E-state index in [1.807, 2.05) is 24.4 Å². The number of pyridine rings is 1. The molecule has 3 aromatic rings. The van der Waals surface area contributed by atoms with Crippen molar-refractivity contribution in [3.63, 3.8) is 0 Å². The molecule has 0 saturated carbocycles. The number of rotatable bonds is 5. The minimum atomic E-state index is 0.0994. The molecule has 3 rings (SSSR count). The molecule has 0 aliphatic rings. The molecule has 3 heteroatoms. The molecule has 1 N–H and O–H groups in total. The van der Waals surface area contributed by atoms with E-state index in [0.29, 0.717) is 0 Å². The van der Waals surface area contributed by atoms with E-state index in [0.717, 1.165) is 5.69 Å². The summed E-state index contributed by atoms with van der Waals surface area (Å²) >= 11 is 1.73. The Balaban J connectivity index is 1.90. The highest BCUT2D eigenvalue weighted by Gasteiger charge is 2.18. The molecule has 2 unspecified atom stereocenters. The van der Waals surface area contributed by atoms with Crippen molar-refractivity contribution < 1.29 is 0 Å². The van der Waals surface area contributed by atoms with Gasteiger partial charge >= 0.3 is 0 Å². The van der Waals surface area contributed by atoms with Crippen LogP contribution in [0.3, 0.4) is 0 Å². The van der Waals surface area contributed by atoms with Crippen molar-refractivity contribution >= 4 is 11.3 Å². The first kappa shape index (κ1) is 14.0. The summed E-state index contributed by atoms with van der Waals surface area (Å²) in [5.41, 5.74) is 3.60. The normalized spacial score (nSPS) is 13.8. The fourth-order valence-corrected chi connectivity index (χ4v) is 3.17. The third kappa shape index (κ3) is 3.38. The van der Waals surface area contributed by atoms with Crippen LogP contribution >= 0.6 is 11.3 Å². The molecule has 0 spiro atoms. The van der Waals surface area contributed by atoms with Crippen LogP contribution in [0.15, 0.2) is 71.6 Å². The Morgan fingerprint density at radius 3 is 2.43 bits per heavy atom. The Morgan fingerprint density at radius 1 is 0.952 bits per heavy atom. The lowest BCUT2D eigenvalue weighted by molar-refractivity contribution is 0.509. The van der Waals surface area contributed by atoms with Crippen LogP contribution in [-0.2, 0) is 0 Å². The van der Waals surface area contributed by atoms with E-state index >= 15 is 0 Å². The fraction of sp³-hybridized carbons (Fsp3) is 0.167. The highest BCUT2D eigenvalue weighted by Crippen LogP contribution is 2.25. The Bertz CT molecular complexity index is 611. The molecule has 0 fully saturated rings. The maximum atomic E-state index is 4.53. The summed E-state index contributed by atoms with van der Waals surface area (Å²) in [5.74, 6) is 0. The topological polar surface area (TPSA) is 24.9 Å². The van der Waals surface area contributed by atoms with Gasteiger partial charge in [-0.25, -0.2) is 0 Å². The second kappa shape index (κ2) is 6.66. The lowest BCUT2D eigenvalue weighted by atomic mass is 10.0. The van der Waals surface area contributed by atoms with Crippen molar-refractivity contribution in [1.82, 2.24) is 10.3 Å². The van der Waals surface area contributed by atoms with Crippen LogP contribution in [0.25, 0.3) is 0 Å². The zero-order chi connectivity index (χ0) is 14.5. The Kier molecular flexibility index (Phi) is 4.43. The van der Waals surface area contributed by atoms with E-state index in [9.17, 15) is 0 Å². The largest absolute Gasteiger partial charge is 0.298 e. The van der Waals surface area contributed by atoms with E-state index in [1.165, 1.54) is 11.1 Å². The number of aromatic nitrogens is 1. The van der Waals surface area contributed by atoms with Gasteiger partial charge < -0.3 is 0 Å². The first-order chi connectivity index (χ1) is 10.3. The molecule has 0 amide bonds. The van der Waals surface area contributed by atoms with Gasteiger partial charge in [-0.05, 0) is 47.0 Å². The maximum Gasteiger partial charge on any atom is 0.0756 e. The van der Waals surface area contributed by atoms with Crippen molar-refractivity contribution in [2.24, 2.45) is 0 Å². The second-order valence-corrected chi connectivity index (χ2v) is 5.82. The van der Waals surface area contributed by atoms with Gasteiger partial charge in [-0.1, -0.05) is 36.4 Å². The van der Waals surface area contributed by atoms with Gasteiger partial charge in [-0.2, -0.15) is 11.3 Å². The lowest BCUT2D eigenvalue weighted by Crippen LogP contribution is -2.26. The van der Waals surface area contributed by atoms with Crippen molar-refractivity contribution in [3.8, 4) is 0 Å². The average Bonchev–Trinajstić information content (AvgIpc) is 3.09. The van der Waals surface area contributed by atoms with E-state index in [2.05, 4.69) is 64.4 Å². The Labute approximate surface area is 129 Å². The number of benzene rings is 1. The molecule has 0 radical (unpaired) electrons. The molecule has 106 valence electrons. The van der Waals surface area contributed by atoms with Crippen LogP contribution in [-0.4, -0.2) is 4.98 Å². The summed E-state index contributed by atoms with van der Waals surface area (Å²) in [6.45, 7) is 2.20. The molecule has 0 aliphatic carbocycles. The van der Waals surface area contributed by atoms with Crippen molar-refractivity contribution in [2.75, 3.05) is 0 Å². The van der Waals surface area contributed by atoms with Crippen LogP contribution in [0, 0.1) is 0 Å². The minimum absolute atomic E-state index is 0.0994. The molecule has 21 heavy (non-hydrogen) atoms. The first-order valence-corrected chi connectivity index (χ1v) is 8.03. The molecule has 2 atom stereocenters. The fourth-order valence-electron chi connectivity index (χ4n) is 2.41. The number of nitrogens with zero attached hydrogens (tertiary/aromatic N) is 1. The smallest absolute Gasteiger partial charge is 0.0756 e. The lowest BCUT2D eigenvalue weighted by Gasteiger charge is -2.23. The summed E-state index contributed by atoms with van der Waals surface area (Å²) in [7, 11) is 0. The van der Waals surface area contributed by atoms with Crippen LogP contribution in [0.1, 0.15) is 35.8 Å². The van der Waals surface area contributed by atoms with E-state index < -0.39 is 0 Å². The molecule has 1 aromatic carbocycles. The van der Waals surface area contributed by atoms with Crippen LogP contribution in [0.2, 0.25) is 0 Å². The molecule has 0 saturated heterocycles. The monoisotopic (exact) mass is 294 g/mol. The van der Waals surface area contributed by atoms with Crippen molar-refractivity contribution in [2.45, 2.75) is 19.0 Å². The summed E-state index contributed by atoms with van der Waals surface area (Å²) in [4.78, 5) is 4.53. The van der Waals surface area contributed by atoms with Gasteiger partial charge in [0, 0.05) is 12.2 Å². The maximum absolute atomic E-state index is 4.53. The Hall–Kier alpha value is -1.97. The number of hydrogen-bond acceptors (Lipinski definition) is 3. The van der Waals surface area contributed by atoms with E-state index in [4.69, 9.17) is 0 Å². The van der Waals surface area contributed by atoms with Gasteiger partial charge in [0.2, 0.25) is 0 Å². The quantitative estimate of drug-likeness (QED) is 0.745. The molecular weight excluding hydrogens is 276 g/mol. The summed E-state index contributed by atoms with van der Waals surface area (Å²) in [6.07, 6.45) is 1.85. The standard InChI is InChI=1S/C18H18N2S/c1-14(16-10-12-21-13-16)20-18(15-7-3-2-4-8-15)17-9-5-6-11-19-17/h2-14,18,20H,1H3. The van der Waals surface area contributed by atoms with Crippen LogP contribution < -0.4 is 5.32 Å². The van der Waals surface area contributed by atoms with Gasteiger partial charge in [-0.15, -0.1) is 0 Å². The molecule has 2 nitrogen and oxygen atoms in total. The van der Waals surface area contributed by atoms with E-state index in [-0.39, 0.29) is 12.1 Å². The van der Waals surface area contributed by atoms with E-state index in [1.54, 1.807) is 11.3 Å². The summed E-state index contributed by atoms with van der Waals surface area (Å²) in [5, 5.41) is 8.01. The molecule has 0 aliphatic heterocycles. The third-order valence-corrected chi connectivity index (χ3v) is 4.28. The molecule has 2 aromatic heterocycles. The zero-order valence-electron chi connectivity index (χ0n) is 11.9. The number of hydrogen-bond donors (Lipinski definition) is 1. The number of thiophene rings is 1. The highest BCUT2D eigenvalue weighted by molar-refractivity contribution is 7.07. The molecule has 0 bridgehead atoms. The van der Waals surface area contributed by atoms with Crippen LogP contribution in [0.4, 0.5) is 0 Å². The number of nitrogens with one attached hydrogen (secondary N) is 1. The summed E-state index contributed by atoms with van der Waals surface area (Å²) in [6, 6.07) is 19.1. The predicted octanol–water partition coefficient (Wildman–Crippen LogP) is 4.58. The van der Waals surface area contributed by atoms with Gasteiger partial charge in [0.1, 0.15) is 0 Å². The SMILES string of the molecule is CC(NC(c1ccccc1)c1ccccn1)c1ccsc1. The second-order valence-electron chi connectivity index (χ2n) is 5.04. The zero-order valence-corrected chi connectivity index (χ0v) is 12.8. The Morgan fingerprint density at radius 2 is 1.76 bits per heavy atom. The molecule has 2 heterocycles.